The molecule has 86 valence electrons. The van der Waals surface area contributed by atoms with Crippen LogP contribution in [0.3, 0.4) is 0 Å². The Morgan fingerprint density at radius 1 is 1.12 bits per heavy atom. The van der Waals surface area contributed by atoms with Crippen molar-refractivity contribution in [3.8, 4) is 0 Å². The summed E-state index contributed by atoms with van der Waals surface area (Å²) in [5.41, 5.74) is 2.15. The van der Waals surface area contributed by atoms with Crippen LogP contribution in [0.4, 0.5) is 0 Å². The Bertz CT molecular complexity index is 532. The van der Waals surface area contributed by atoms with Gasteiger partial charge in [-0.2, -0.15) is 0 Å². The van der Waals surface area contributed by atoms with Gasteiger partial charge in [-0.25, -0.2) is 8.42 Å². The van der Waals surface area contributed by atoms with Crippen LogP contribution in [0.1, 0.15) is 24.0 Å². The number of halogens is 1. The lowest BCUT2D eigenvalue weighted by Gasteiger charge is -2.05. The van der Waals surface area contributed by atoms with Gasteiger partial charge in [0.2, 0.25) is 0 Å². The number of fused-ring (bicyclic) bond motifs is 1. The molecule has 0 bridgehead atoms. The van der Waals surface area contributed by atoms with E-state index in [9.17, 15) is 8.42 Å². The fraction of sp³-hybridized carbons (Fsp3) is 0.500. The minimum Gasteiger partial charge on any atom is -0.207 e. The van der Waals surface area contributed by atoms with Crippen LogP contribution < -0.4 is 0 Å². The van der Waals surface area contributed by atoms with Crippen molar-refractivity contribution < 1.29 is 8.42 Å². The zero-order valence-corrected chi connectivity index (χ0v) is 10.4. The van der Waals surface area contributed by atoms with Crippen molar-refractivity contribution >= 4 is 19.7 Å². The molecule has 0 aromatic heterocycles. The minimum atomic E-state index is -3.58. The topological polar surface area (TPSA) is 34.1 Å². The van der Waals surface area contributed by atoms with Crippen molar-refractivity contribution in [2.75, 3.05) is 0 Å². The van der Waals surface area contributed by atoms with Crippen molar-refractivity contribution in [3.63, 3.8) is 0 Å². The average molecular weight is 257 g/mol. The van der Waals surface area contributed by atoms with Crippen LogP contribution in [0.25, 0.3) is 0 Å². The summed E-state index contributed by atoms with van der Waals surface area (Å²) in [6.45, 7) is 0. The highest BCUT2D eigenvalue weighted by Gasteiger charge is 2.37. The van der Waals surface area contributed by atoms with Gasteiger partial charge in [-0.15, -0.1) is 0 Å². The Morgan fingerprint density at radius 2 is 1.88 bits per heavy atom. The van der Waals surface area contributed by atoms with E-state index >= 15 is 0 Å². The lowest BCUT2D eigenvalue weighted by Crippen LogP contribution is -2.02. The second-order valence-corrected chi connectivity index (χ2v) is 7.37. The molecule has 0 aliphatic heterocycles. The van der Waals surface area contributed by atoms with Crippen LogP contribution in [0, 0.1) is 11.8 Å². The number of rotatable bonds is 2. The Balaban J connectivity index is 2.03. The highest BCUT2D eigenvalue weighted by molar-refractivity contribution is 8.13. The normalized spacial score (nSPS) is 24.4. The zero-order chi connectivity index (χ0) is 11.3. The summed E-state index contributed by atoms with van der Waals surface area (Å²) in [7, 11) is 1.87. The molecule has 0 heterocycles. The molecule has 1 aromatic carbocycles. The first-order valence-electron chi connectivity index (χ1n) is 5.61. The highest BCUT2D eigenvalue weighted by atomic mass is 35.7. The maximum Gasteiger partial charge on any atom is 0.261 e. The van der Waals surface area contributed by atoms with Crippen molar-refractivity contribution in [2.45, 2.75) is 30.6 Å². The summed E-state index contributed by atoms with van der Waals surface area (Å²) in [5, 5.41) is 0. The molecule has 0 N–H and O–H groups in total. The minimum absolute atomic E-state index is 0.329. The summed E-state index contributed by atoms with van der Waals surface area (Å²) >= 11 is 0. The maximum atomic E-state index is 11.5. The van der Waals surface area contributed by atoms with Crippen molar-refractivity contribution in [1.29, 1.82) is 0 Å². The van der Waals surface area contributed by atoms with Crippen LogP contribution in [0.2, 0.25) is 0 Å². The van der Waals surface area contributed by atoms with E-state index in [0.29, 0.717) is 10.8 Å². The Hall–Kier alpha value is -0.540. The molecule has 4 heteroatoms. The fourth-order valence-electron chi connectivity index (χ4n) is 2.78. The molecule has 2 aliphatic carbocycles. The first-order chi connectivity index (χ1) is 7.55. The summed E-state index contributed by atoms with van der Waals surface area (Å²) < 4.78 is 22.9. The van der Waals surface area contributed by atoms with Gasteiger partial charge >= 0.3 is 0 Å². The lowest BCUT2D eigenvalue weighted by molar-refractivity contribution is 0.488. The molecule has 0 saturated heterocycles. The quantitative estimate of drug-likeness (QED) is 0.763. The Labute approximate surface area is 100 Å². The molecule has 0 radical (unpaired) electrons. The highest BCUT2D eigenvalue weighted by Crippen LogP contribution is 2.45. The summed E-state index contributed by atoms with van der Waals surface area (Å²) in [5.74, 6) is 1.47. The van der Waals surface area contributed by atoms with Crippen LogP contribution in [-0.4, -0.2) is 8.42 Å². The average Bonchev–Trinajstić information content (AvgIpc) is 2.95. The molecule has 1 saturated carbocycles. The van der Waals surface area contributed by atoms with Gasteiger partial charge in [-0.05, 0) is 54.7 Å². The standard InChI is InChI=1S/C12H13ClO2S/c13-16(14,15)12-3-1-2-9-6-10(7-11(9)12)8-4-5-8/h1-3,8,10H,4-7H2. The first-order valence-corrected chi connectivity index (χ1v) is 7.92. The van der Waals surface area contributed by atoms with Gasteiger partial charge in [0.15, 0.2) is 0 Å². The van der Waals surface area contributed by atoms with E-state index in [1.807, 2.05) is 6.07 Å². The molecule has 0 spiro atoms. The van der Waals surface area contributed by atoms with E-state index in [0.717, 1.165) is 24.3 Å². The van der Waals surface area contributed by atoms with Gasteiger partial charge in [0.05, 0.1) is 4.90 Å². The maximum absolute atomic E-state index is 11.5. The van der Waals surface area contributed by atoms with Gasteiger partial charge in [0, 0.05) is 10.7 Å². The Kier molecular flexibility index (Phi) is 2.30. The molecule has 0 amide bonds. The first kappa shape index (κ1) is 10.6. The number of hydrogen-bond donors (Lipinski definition) is 0. The molecule has 1 aromatic rings. The van der Waals surface area contributed by atoms with Gasteiger partial charge in [-0.1, -0.05) is 12.1 Å². The van der Waals surface area contributed by atoms with E-state index in [1.165, 1.54) is 18.4 Å². The molecule has 16 heavy (non-hydrogen) atoms. The third-order valence-corrected chi connectivity index (χ3v) is 5.14. The van der Waals surface area contributed by atoms with E-state index in [-0.39, 0.29) is 0 Å². The molecule has 3 rings (SSSR count). The molecule has 1 atom stereocenters. The summed E-state index contributed by atoms with van der Waals surface area (Å²) in [6, 6.07) is 5.45. The molecule has 1 unspecified atom stereocenters. The smallest absolute Gasteiger partial charge is 0.207 e. The van der Waals surface area contributed by atoms with Gasteiger partial charge in [0.1, 0.15) is 0 Å². The zero-order valence-electron chi connectivity index (χ0n) is 8.82. The third-order valence-electron chi connectivity index (χ3n) is 3.73. The van der Waals surface area contributed by atoms with E-state index in [4.69, 9.17) is 10.7 Å². The second-order valence-electron chi connectivity index (χ2n) is 4.84. The van der Waals surface area contributed by atoms with Crippen LogP contribution in [-0.2, 0) is 21.9 Å². The van der Waals surface area contributed by atoms with Crippen LogP contribution in [0.5, 0.6) is 0 Å². The van der Waals surface area contributed by atoms with E-state index < -0.39 is 9.05 Å². The second kappa shape index (κ2) is 3.47. The summed E-state index contributed by atoms with van der Waals surface area (Å²) in [4.78, 5) is 0.329. The van der Waals surface area contributed by atoms with E-state index in [1.54, 1.807) is 12.1 Å². The van der Waals surface area contributed by atoms with Crippen molar-refractivity contribution in [2.24, 2.45) is 11.8 Å². The molecule has 1 fully saturated rings. The monoisotopic (exact) mass is 256 g/mol. The molecule has 2 aliphatic rings. The molecular formula is C12H13ClO2S. The number of benzene rings is 1. The van der Waals surface area contributed by atoms with Crippen LogP contribution >= 0.6 is 10.7 Å². The fourth-order valence-corrected chi connectivity index (χ4v) is 3.96. The summed E-state index contributed by atoms with van der Waals surface area (Å²) in [6.07, 6.45) is 4.53. The predicted octanol–water partition coefficient (Wildman–Crippen LogP) is 2.74. The Morgan fingerprint density at radius 3 is 2.50 bits per heavy atom. The van der Waals surface area contributed by atoms with Crippen molar-refractivity contribution in [3.05, 3.63) is 29.3 Å². The SMILES string of the molecule is O=S(=O)(Cl)c1cccc2c1CC(C1CC1)C2. The van der Waals surface area contributed by atoms with Gasteiger partial charge in [0.25, 0.3) is 9.05 Å². The third kappa shape index (κ3) is 1.76. The van der Waals surface area contributed by atoms with Crippen LogP contribution in [0.15, 0.2) is 23.1 Å². The molecular weight excluding hydrogens is 244 g/mol. The molecule has 2 nitrogen and oxygen atoms in total. The lowest BCUT2D eigenvalue weighted by atomic mass is 10.0. The van der Waals surface area contributed by atoms with E-state index in [2.05, 4.69) is 0 Å². The largest absolute Gasteiger partial charge is 0.261 e. The number of hydrogen-bond acceptors (Lipinski definition) is 2. The van der Waals surface area contributed by atoms with Gasteiger partial charge in [-0.3, -0.25) is 0 Å². The predicted molar refractivity (Wildman–Crippen MR) is 63.1 cm³/mol. The van der Waals surface area contributed by atoms with Crippen molar-refractivity contribution in [1.82, 2.24) is 0 Å². The van der Waals surface area contributed by atoms with Gasteiger partial charge < -0.3 is 0 Å².